The molecule has 0 bridgehead atoms. The van der Waals surface area contributed by atoms with E-state index in [0.29, 0.717) is 5.56 Å². The van der Waals surface area contributed by atoms with Gasteiger partial charge in [-0.15, -0.1) is 5.10 Å². The molecule has 6 heteroatoms. The maximum absolute atomic E-state index is 12.4. The number of likely N-dealkylation sites (tertiary alicyclic amines) is 1. The Hall–Kier alpha value is -2.24. The largest absolute Gasteiger partial charge is 0.339 e. The van der Waals surface area contributed by atoms with Crippen molar-refractivity contribution in [3.63, 3.8) is 0 Å². The molecule has 98 valence electrons. The zero-order valence-electron chi connectivity index (χ0n) is 10.6. The Morgan fingerprint density at radius 3 is 2.74 bits per heavy atom. The van der Waals surface area contributed by atoms with Crippen molar-refractivity contribution >= 4 is 5.91 Å². The number of nitrogens with zero attached hydrogens (tertiary/aromatic N) is 5. The summed E-state index contributed by atoms with van der Waals surface area (Å²) in [5.74, 6) is 0.0922. The Labute approximate surface area is 111 Å². The average molecular weight is 257 g/mol. The molecule has 0 saturated carbocycles. The zero-order chi connectivity index (χ0) is 13.1. The highest BCUT2D eigenvalue weighted by Crippen LogP contribution is 2.15. The summed E-state index contributed by atoms with van der Waals surface area (Å²) < 4.78 is 1.55. The van der Waals surface area contributed by atoms with E-state index in [4.69, 9.17) is 0 Å². The summed E-state index contributed by atoms with van der Waals surface area (Å²) in [6, 6.07) is 7.40. The van der Waals surface area contributed by atoms with Crippen LogP contribution in [0.4, 0.5) is 0 Å². The number of carbonyl (C=O) groups is 1. The molecule has 1 aromatic heterocycles. The van der Waals surface area contributed by atoms with E-state index in [9.17, 15) is 4.79 Å². The van der Waals surface area contributed by atoms with E-state index < -0.39 is 0 Å². The lowest BCUT2D eigenvalue weighted by molar-refractivity contribution is 0.0724. The van der Waals surface area contributed by atoms with Gasteiger partial charge in [0.25, 0.3) is 5.91 Å². The van der Waals surface area contributed by atoms with Crippen molar-refractivity contribution in [1.82, 2.24) is 25.1 Å². The molecule has 0 radical (unpaired) electrons. The lowest BCUT2D eigenvalue weighted by atomic mass is 10.1. The molecule has 2 heterocycles. The van der Waals surface area contributed by atoms with E-state index in [-0.39, 0.29) is 5.91 Å². The van der Waals surface area contributed by atoms with E-state index in [1.807, 2.05) is 29.2 Å². The molecule has 1 amide bonds. The number of piperidine rings is 1. The fourth-order valence-electron chi connectivity index (χ4n) is 2.34. The van der Waals surface area contributed by atoms with Crippen LogP contribution in [-0.2, 0) is 0 Å². The first kappa shape index (κ1) is 11.8. The van der Waals surface area contributed by atoms with E-state index in [1.165, 1.54) is 12.7 Å². The van der Waals surface area contributed by atoms with Crippen LogP contribution in [0.2, 0.25) is 0 Å². The Morgan fingerprint density at radius 1 is 1.16 bits per heavy atom. The fourth-order valence-corrected chi connectivity index (χ4v) is 2.34. The maximum atomic E-state index is 12.4. The number of tetrazole rings is 1. The van der Waals surface area contributed by atoms with E-state index in [1.54, 1.807) is 4.68 Å². The molecule has 0 atom stereocenters. The van der Waals surface area contributed by atoms with Crippen LogP contribution in [-0.4, -0.2) is 44.1 Å². The SMILES string of the molecule is O=C(c1cccc(-n2cnnn2)c1)N1CCCCC1. The highest BCUT2D eigenvalue weighted by atomic mass is 16.2. The first-order chi connectivity index (χ1) is 9.34. The van der Waals surface area contributed by atoms with Crippen molar-refractivity contribution in [2.24, 2.45) is 0 Å². The van der Waals surface area contributed by atoms with Gasteiger partial charge in [0.2, 0.25) is 0 Å². The second-order valence-corrected chi connectivity index (χ2v) is 4.66. The molecule has 1 aromatic carbocycles. The van der Waals surface area contributed by atoms with Gasteiger partial charge in [-0.05, 0) is 47.9 Å². The predicted octanol–water partition coefficient (Wildman–Crippen LogP) is 1.29. The molecule has 1 aliphatic rings. The molecule has 19 heavy (non-hydrogen) atoms. The van der Waals surface area contributed by atoms with Crippen LogP contribution in [0.15, 0.2) is 30.6 Å². The summed E-state index contributed by atoms with van der Waals surface area (Å²) in [5.41, 5.74) is 1.49. The number of hydrogen-bond donors (Lipinski definition) is 0. The Kier molecular flexibility index (Phi) is 3.22. The van der Waals surface area contributed by atoms with Crippen molar-refractivity contribution in [1.29, 1.82) is 0 Å². The van der Waals surface area contributed by atoms with Gasteiger partial charge in [-0.25, -0.2) is 4.68 Å². The zero-order valence-corrected chi connectivity index (χ0v) is 10.6. The number of benzene rings is 1. The van der Waals surface area contributed by atoms with Crippen LogP contribution in [0.1, 0.15) is 29.6 Å². The second-order valence-electron chi connectivity index (χ2n) is 4.66. The molecule has 0 spiro atoms. The predicted molar refractivity (Wildman–Crippen MR) is 68.9 cm³/mol. The van der Waals surface area contributed by atoms with Crippen LogP contribution >= 0.6 is 0 Å². The van der Waals surface area contributed by atoms with E-state index in [2.05, 4.69) is 15.5 Å². The molecule has 6 nitrogen and oxygen atoms in total. The summed E-state index contributed by atoms with van der Waals surface area (Å²) >= 11 is 0. The van der Waals surface area contributed by atoms with Crippen LogP contribution in [0.25, 0.3) is 5.69 Å². The third kappa shape index (κ3) is 2.47. The normalized spacial score (nSPS) is 15.5. The minimum Gasteiger partial charge on any atom is -0.339 e. The fraction of sp³-hybridized carbons (Fsp3) is 0.385. The van der Waals surface area contributed by atoms with Crippen LogP contribution < -0.4 is 0 Å². The molecule has 1 fully saturated rings. The molecule has 2 aromatic rings. The molecule has 0 aliphatic carbocycles. The summed E-state index contributed by atoms with van der Waals surface area (Å²) in [7, 11) is 0. The van der Waals surface area contributed by atoms with Gasteiger partial charge in [-0.3, -0.25) is 4.79 Å². The lowest BCUT2D eigenvalue weighted by Crippen LogP contribution is -2.35. The van der Waals surface area contributed by atoms with Gasteiger partial charge in [0, 0.05) is 18.7 Å². The Balaban J connectivity index is 1.84. The number of aromatic nitrogens is 4. The number of rotatable bonds is 2. The topological polar surface area (TPSA) is 63.9 Å². The molecular weight excluding hydrogens is 242 g/mol. The van der Waals surface area contributed by atoms with Gasteiger partial charge in [0.15, 0.2) is 0 Å². The third-order valence-corrected chi connectivity index (χ3v) is 3.35. The maximum Gasteiger partial charge on any atom is 0.253 e. The lowest BCUT2D eigenvalue weighted by Gasteiger charge is -2.26. The van der Waals surface area contributed by atoms with Crippen molar-refractivity contribution in [3.8, 4) is 5.69 Å². The molecule has 3 rings (SSSR count). The van der Waals surface area contributed by atoms with E-state index in [0.717, 1.165) is 31.6 Å². The quantitative estimate of drug-likeness (QED) is 0.813. The summed E-state index contributed by atoms with van der Waals surface area (Å²) in [6.45, 7) is 1.71. The summed E-state index contributed by atoms with van der Waals surface area (Å²) in [4.78, 5) is 14.3. The Bertz CT molecular complexity index is 560. The van der Waals surface area contributed by atoms with Gasteiger partial charge in [-0.1, -0.05) is 6.07 Å². The number of hydrogen-bond acceptors (Lipinski definition) is 4. The number of amides is 1. The highest BCUT2D eigenvalue weighted by molar-refractivity contribution is 5.94. The van der Waals surface area contributed by atoms with Crippen LogP contribution in [0.5, 0.6) is 0 Å². The van der Waals surface area contributed by atoms with Gasteiger partial charge < -0.3 is 4.90 Å². The second kappa shape index (κ2) is 5.17. The smallest absolute Gasteiger partial charge is 0.253 e. The van der Waals surface area contributed by atoms with Crippen molar-refractivity contribution in [2.45, 2.75) is 19.3 Å². The van der Waals surface area contributed by atoms with Crippen molar-refractivity contribution in [3.05, 3.63) is 36.2 Å². The summed E-state index contributed by atoms with van der Waals surface area (Å²) in [5, 5.41) is 11.0. The molecule has 1 saturated heterocycles. The summed E-state index contributed by atoms with van der Waals surface area (Å²) in [6.07, 6.45) is 4.93. The average Bonchev–Trinajstić information content (AvgIpc) is 3.02. The van der Waals surface area contributed by atoms with Gasteiger partial charge in [0.05, 0.1) is 5.69 Å². The third-order valence-electron chi connectivity index (χ3n) is 3.35. The standard InChI is InChI=1S/C13H15N5O/c19-13(17-7-2-1-3-8-17)11-5-4-6-12(9-11)18-10-14-15-16-18/h4-6,9-10H,1-3,7-8H2. The monoisotopic (exact) mass is 257 g/mol. The van der Waals surface area contributed by atoms with Crippen LogP contribution in [0, 0.1) is 0 Å². The van der Waals surface area contributed by atoms with Crippen molar-refractivity contribution in [2.75, 3.05) is 13.1 Å². The minimum atomic E-state index is 0.0922. The Morgan fingerprint density at radius 2 is 2.00 bits per heavy atom. The van der Waals surface area contributed by atoms with Gasteiger partial charge in [0.1, 0.15) is 6.33 Å². The molecule has 0 N–H and O–H groups in total. The van der Waals surface area contributed by atoms with Gasteiger partial charge in [-0.2, -0.15) is 0 Å². The molecule has 0 unspecified atom stereocenters. The first-order valence-corrected chi connectivity index (χ1v) is 6.47. The first-order valence-electron chi connectivity index (χ1n) is 6.47. The molecular formula is C13H15N5O. The van der Waals surface area contributed by atoms with Crippen molar-refractivity contribution < 1.29 is 4.79 Å². The highest BCUT2D eigenvalue weighted by Gasteiger charge is 2.18. The van der Waals surface area contributed by atoms with E-state index >= 15 is 0 Å². The van der Waals surface area contributed by atoms with Gasteiger partial charge >= 0.3 is 0 Å². The molecule has 1 aliphatic heterocycles. The minimum absolute atomic E-state index is 0.0922. The van der Waals surface area contributed by atoms with Crippen LogP contribution in [0.3, 0.4) is 0 Å². The number of carbonyl (C=O) groups excluding carboxylic acids is 1.